The standard InChI is InChI=1S/C14H9F4N3/c15-11-1-2-12-9(5-11)3-4-19-13(12)10-6-20-21(7-10)8-14(16,17)18/h1-7H,8H2. The number of aromatic nitrogens is 3. The molecule has 3 nitrogen and oxygen atoms in total. The molecule has 7 heteroatoms. The Morgan fingerprint density at radius 2 is 1.95 bits per heavy atom. The monoisotopic (exact) mass is 295 g/mol. The van der Waals surface area contributed by atoms with Crippen LogP contribution < -0.4 is 0 Å². The van der Waals surface area contributed by atoms with Gasteiger partial charge in [0.1, 0.15) is 12.4 Å². The Balaban J connectivity index is 2.05. The SMILES string of the molecule is Fc1ccc2c(-c3cnn(CC(F)(F)F)c3)nccc2c1. The van der Waals surface area contributed by atoms with Crippen molar-refractivity contribution in [3.8, 4) is 11.3 Å². The smallest absolute Gasteiger partial charge is 0.263 e. The van der Waals surface area contributed by atoms with E-state index in [-0.39, 0.29) is 5.82 Å². The summed E-state index contributed by atoms with van der Waals surface area (Å²) in [4.78, 5) is 4.16. The third-order valence-corrected chi connectivity index (χ3v) is 2.97. The molecule has 2 aromatic heterocycles. The van der Waals surface area contributed by atoms with Crippen molar-refractivity contribution in [2.24, 2.45) is 0 Å². The molecular weight excluding hydrogens is 286 g/mol. The summed E-state index contributed by atoms with van der Waals surface area (Å²) in [5, 5.41) is 4.97. The van der Waals surface area contributed by atoms with Gasteiger partial charge in [0.05, 0.1) is 11.9 Å². The van der Waals surface area contributed by atoms with Crippen LogP contribution >= 0.6 is 0 Å². The summed E-state index contributed by atoms with van der Waals surface area (Å²) < 4.78 is 51.0. The lowest BCUT2D eigenvalue weighted by atomic mass is 10.1. The number of nitrogens with zero attached hydrogens (tertiary/aromatic N) is 3. The van der Waals surface area contributed by atoms with E-state index < -0.39 is 12.7 Å². The third-order valence-electron chi connectivity index (χ3n) is 2.97. The molecule has 1 aromatic carbocycles. The molecule has 3 aromatic rings. The van der Waals surface area contributed by atoms with E-state index in [1.54, 1.807) is 12.1 Å². The van der Waals surface area contributed by atoms with Crippen LogP contribution in [0.15, 0.2) is 42.9 Å². The quantitative estimate of drug-likeness (QED) is 0.673. The topological polar surface area (TPSA) is 30.7 Å². The van der Waals surface area contributed by atoms with Gasteiger partial charge in [0.25, 0.3) is 0 Å². The van der Waals surface area contributed by atoms with Gasteiger partial charge in [-0.25, -0.2) is 4.39 Å². The zero-order valence-corrected chi connectivity index (χ0v) is 10.6. The molecule has 0 N–H and O–H groups in total. The van der Waals surface area contributed by atoms with Crippen LogP contribution in [-0.4, -0.2) is 20.9 Å². The first-order chi connectivity index (χ1) is 9.92. The largest absolute Gasteiger partial charge is 0.408 e. The van der Waals surface area contributed by atoms with Gasteiger partial charge >= 0.3 is 6.18 Å². The Kier molecular flexibility index (Phi) is 3.12. The molecule has 0 aliphatic rings. The molecule has 0 saturated heterocycles. The van der Waals surface area contributed by atoms with Gasteiger partial charge in [-0.1, -0.05) is 0 Å². The molecule has 0 radical (unpaired) electrons. The maximum absolute atomic E-state index is 13.2. The van der Waals surface area contributed by atoms with Gasteiger partial charge in [0.2, 0.25) is 0 Å². The van der Waals surface area contributed by atoms with Crippen molar-refractivity contribution in [3.05, 3.63) is 48.7 Å². The van der Waals surface area contributed by atoms with Gasteiger partial charge in [-0.3, -0.25) is 9.67 Å². The normalized spacial score (nSPS) is 12.0. The minimum atomic E-state index is -4.33. The summed E-state index contributed by atoms with van der Waals surface area (Å²) >= 11 is 0. The molecule has 0 fully saturated rings. The Morgan fingerprint density at radius 3 is 2.71 bits per heavy atom. The lowest BCUT2D eigenvalue weighted by Gasteiger charge is -2.05. The van der Waals surface area contributed by atoms with Crippen LogP contribution in [0.2, 0.25) is 0 Å². The van der Waals surface area contributed by atoms with Gasteiger partial charge in [0.15, 0.2) is 0 Å². The zero-order chi connectivity index (χ0) is 15.0. The predicted octanol–water partition coefficient (Wildman–Crippen LogP) is 3.80. The molecule has 0 spiro atoms. The number of fused-ring (bicyclic) bond motifs is 1. The van der Waals surface area contributed by atoms with Gasteiger partial charge in [-0.2, -0.15) is 18.3 Å². The van der Waals surface area contributed by atoms with Crippen LogP contribution in [0.1, 0.15) is 0 Å². The second kappa shape index (κ2) is 4.83. The van der Waals surface area contributed by atoms with E-state index in [1.807, 2.05) is 0 Å². The lowest BCUT2D eigenvalue weighted by molar-refractivity contribution is -0.142. The number of hydrogen-bond acceptors (Lipinski definition) is 2. The molecule has 108 valence electrons. The lowest BCUT2D eigenvalue weighted by Crippen LogP contribution is -2.17. The van der Waals surface area contributed by atoms with Gasteiger partial charge in [0, 0.05) is 23.3 Å². The molecular formula is C14H9F4N3. The van der Waals surface area contributed by atoms with Crippen molar-refractivity contribution in [3.63, 3.8) is 0 Å². The van der Waals surface area contributed by atoms with Crippen LogP contribution in [0.3, 0.4) is 0 Å². The van der Waals surface area contributed by atoms with E-state index >= 15 is 0 Å². The third kappa shape index (κ3) is 2.86. The minimum absolute atomic E-state index is 0.382. The second-order valence-corrected chi connectivity index (χ2v) is 4.57. The first-order valence-corrected chi connectivity index (χ1v) is 6.06. The highest BCUT2D eigenvalue weighted by Crippen LogP contribution is 2.27. The van der Waals surface area contributed by atoms with Crippen LogP contribution in [0.4, 0.5) is 17.6 Å². The van der Waals surface area contributed by atoms with Gasteiger partial charge < -0.3 is 0 Å². The van der Waals surface area contributed by atoms with Crippen LogP contribution in [-0.2, 0) is 6.54 Å². The molecule has 0 aliphatic carbocycles. The van der Waals surface area contributed by atoms with E-state index in [1.165, 1.54) is 30.7 Å². The van der Waals surface area contributed by atoms with E-state index in [4.69, 9.17) is 0 Å². The molecule has 0 bridgehead atoms. The first-order valence-electron chi connectivity index (χ1n) is 6.06. The Labute approximate surface area is 116 Å². The fourth-order valence-electron chi connectivity index (χ4n) is 2.13. The summed E-state index contributed by atoms with van der Waals surface area (Å²) in [5.41, 5.74) is 0.928. The van der Waals surface area contributed by atoms with Crippen molar-refractivity contribution in [2.75, 3.05) is 0 Å². The highest BCUT2D eigenvalue weighted by molar-refractivity contribution is 5.94. The van der Waals surface area contributed by atoms with E-state index in [0.29, 0.717) is 22.0 Å². The molecule has 0 amide bonds. The summed E-state index contributed by atoms with van der Waals surface area (Å²) in [6.07, 6.45) is -0.258. The van der Waals surface area contributed by atoms with E-state index in [9.17, 15) is 17.6 Å². The Bertz CT molecular complexity index is 792. The summed E-state index contributed by atoms with van der Waals surface area (Å²) in [5.74, 6) is -0.382. The van der Waals surface area contributed by atoms with E-state index in [0.717, 1.165) is 4.68 Å². The average molecular weight is 295 g/mol. The van der Waals surface area contributed by atoms with Crippen LogP contribution in [0, 0.1) is 5.82 Å². The summed E-state index contributed by atoms with van der Waals surface area (Å²) in [7, 11) is 0. The fourth-order valence-corrected chi connectivity index (χ4v) is 2.13. The van der Waals surface area contributed by atoms with Gasteiger partial charge in [-0.05, 0) is 29.7 Å². The second-order valence-electron chi connectivity index (χ2n) is 4.57. The van der Waals surface area contributed by atoms with Crippen molar-refractivity contribution >= 4 is 10.8 Å². The number of halogens is 4. The maximum atomic E-state index is 13.2. The van der Waals surface area contributed by atoms with Crippen molar-refractivity contribution in [1.29, 1.82) is 0 Å². The number of alkyl halides is 3. The molecule has 0 saturated carbocycles. The van der Waals surface area contributed by atoms with Crippen LogP contribution in [0.25, 0.3) is 22.0 Å². The molecule has 2 heterocycles. The zero-order valence-electron chi connectivity index (χ0n) is 10.6. The number of hydrogen-bond donors (Lipinski definition) is 0. The number of rotatable bonds is 2. The molecule has 0 aliphatic heterocycles. The average Bonchev–Trinajstić information content (AvgIpc) is 2.83. The summed E-state index contributed by atoms with van der Waals surface area (Å²) in [6.45, 7) is -1.16. The highest BCUT2D eigenvalue weighted by Gasteiger charge is 2.28. The number of pyridine rings is 1. The van der Waals surface area contributed by atoms with Crippen molar-refractivity contribution in [1.82, 2.24) is 14.8 Å². The first kappa shape index (κ1) is 13.5. The number of benzene rings is 1. The fraction of sp³-hybridized carbons (Fsp3) is 0.143. The van der Waals surface area contributed by atoms with Crippen molar-refractivity contribution < 1.29 is 17.6 Å². The Morgan fingerprint density at radius 1 is 1.14 bits per heavy atom. The summed E-state index contributed by atoms with van der Waals surface area (Å²) in [6, 6.07) is 5.82. The minimum Gasteiger partial charge on any atom is -0.263 e. The molecule has 3 rings (SSSR count). The van der Waals surface area contributed by atoms with Crippen LogP contribution in [0.5, 0.6) is 0 Å². The molecule has 0 unspecified atom stereocenters. The highest BCUT2D eigenvalue weighted by atomic mass is 19.4. The predicted molar refractivity (Wildman–Crippen MR) is 69.0 cm³/mol. The van der Waals surface area contributed by atoms with E-state index in [2.05, 4.69) is 10.1 Å². The molecule has 21 heavy (non-hydrogen) atoms. The Hall–Kier alpha value is -2.44. The van der Waals surface area contributed by atoms with Gasteiger partial charge in [-0.15, -0.1) is 0 Å². The maximum Gasteiger partial charge on any atom is 0.408 e. The molecule has 0 atom stereocenters. The van der Waals surface area contributed by atoms with Crippen molar-refractivity contribution in [2.45, 2.75) is 12.7 Å².